The van der Waals surface area contributed by atoms with Gasteiger partial charge in [-0.3, -0.25) is 4.79 Å². The zero-order valence-corrected chi connectivity index (χ0v) is 20.3. The molecule has 1 aliphatic heterocycles. The van der Waals surface area contributed by atoms with Gasteiger partial charge in [-0.2, -0.15) is 0 Å². The minimum absolute atomic E-state index is 0.0733. The number of carboxylic acids is 1. The van der Waals surface area contributed by atoms with Crippen molar-refractivity contribution in [1.29, 1.82) is 0 Å². The van der Waals surface area contributed by atoms with Gasteiger partial charge >= 0.3 is 5.97 Å². The lowest BCUT2D eigenvalue weighted by molar-refractivity contribution is -0.129. The summed E-state index contributed by atoms with van der Waals surface area (Å²) in [5.74, 6) is 0.696. The van der Waals surface area contributed by atoms with Crippen LogP contribution in [0.15, 0.2) is 34.0 Å². The van der Waals surface area contributed by atoms with E-state index in [4.69, 9.17) is 9.84 Å². The number of carbonyl (C=O) groups is 2. The van der Waals surface area contributed by atoms with Crippen molar-refractivity contribution in [2.75, 3.05) is 18.9 Å². The van der Waals surface area contributed by atoms with Gasteiger partial charge in [-0.1, -0.05) is 56.5 Å². The van der Waals surface area contributed by atoms with Gasteiger partial charge in [0.05, 0.1) is 6.04 Å². The number of nitrogens with zero attached hydrogens (tertiary/aromatic N) is 2. The number of unbranched alkanes of at least 4 members (excludes halogenated alkanes) is 4. The molecule has 1 aromatic heterocycles. The van der Waals surface area contributed by atoms with E-state index >= 15 is 0 Å². The second kappa shape index (κ2) is 12.8. The average Bonchev–Trinajstić information content (AvgIpc) is 3.40. The summed E-state index contributed by atoms with van der Waals surface area (Å²) in [5.41, 5.74) is 1.38. The van der Waals surface area contributed by atoms with E-state index in [0.717, 1.165) is 18.6 Å². The third-order valence-corrected chi connectivity index (χ3v) is 7.62. The number of benzene rings is 1. The highest BCUT2D eigenvalue weighted by Crippen LogP contribution is 2.26. The lowest BCUT2D eigenvalue weighted by atomic mass is 10.1. The van der Waals surface area contributed by atoms with Gasteiger partial charge in [0.25, 0.3) is 0 Å². The maximum absolute atomic E-state index is 12.3. The van der Waals surface area contributed by atoms with Crippen LogP contribution in [-0.2, 0) is 11.2 Å². The highest BCUT2D eigenvalue weighted by atomic mass is 32.2. The Morgan fingerprint density at radius 3 is 2.94 bits per heavy atom. The fourth-order valence-corrected chi connectivity index (χ4v) is 5.65. The summed E-state index contributed by atoms with van der Waals surface area (Å²) in [7, 11) is 0. The van der Waals surface area contributed by atoms with Crippen molar-refractivity contribution in [3.8, 4) is 5.75 Å². The number of carbonyl (C=O) groups excluding carboxylic acids is 1. The zero-order chi connectivity index (χ0) is 22.8. The quantitative estimate of drug-likeness (QED) is 0.286. The molecule has 1 saturated heterocycles. The maximum Gasteiger partial charge on any atom is 0.355 e. The fourth-order valence-electron chi connectivity index (χ4n) is 3.84. The Labute approximate surface area is 198 Å². The predicted molar refractivity (Wildman–Crippen MR) is 129 cm³/mol. The number of thioether (sulfide) groups is 1. The molecule has 8 heteroatoms. The van der Waals surface area contributed by atoms with E-state index in [-0.39, 0.29) is 17.6 Å². The number of aromatic carboxylic acids is 1. The molecular weight excluding hydrogens is 444 g/mol. The monoisotopic (exact) mass is 476 g/mol. The van der Waals surface area contributed by atoms with Crippen LogP contribution in [0.5, 0.6) is 5.75 Å². The molecule has 174 valence electrons. The molecule has 1 amide bonds. The molecule has 0 saturated carbocycles. The smallest absolute Gasteiger partial charge is 0.355 e. The first kappa shape index (κ1) is 24.6. The summed E-state index contributed by atoms with van der Waals surface area (Å²) in [6.45, 7) is 3.34. The topological polar surface area (TPSA) is 79.7 Å². The molecular formula is C24H32N2O4S2. The van der Waals surface area contributed by atoms with Gasteiger partial charge in [-0.15, -0.1) is 11.3 Å². The number of hydrogen-bond donors (Lipinski definition) is 1. The Hall–Kier alpha value is -2.06. The molecule has 2 aromatic rings. The molecule has 0 radical (unpaired) electrons. The van der Waals surface area contributed by atoms with E-state index in [2.05, 4.69) is 24.0 Å². The summed E-state index contributed by atoms with van der Waals surface area (Å²) in [5, 5.41) is 10.5. The highest BCUT2D eigenvalue weighted by molar-refractivity contribution is 8.01. The number of likely N-dealkylation sites (tertiary alicyclic amines) is 1. The van der Waals surface area contributed by atoms with E-state index in [0.29, 0.717) is 29.7 Å². The number of ether oxygens (including phenoxy) is 1. The van der Waals surface area contributed by atoms with E-state index in [1.54, 1.807) is 5.38 Å². The number of aromatic nitrogens is 1. The number of hydrogen-bond acceptors (Lipinski definition) is 6. The second-order valence-electron chi connectivity index (χ2n) is 8.05. The van der Waals surface area contributed by atoms with Crippen LogP contribution >= 0.6 is 23.1 Å². The molecule has 1 aromatic carbocycles. The molecule has 1 aliphatic rings. The Balaban J connectivity index is 1.44. The number of aryl methyl sites for hydroxylation is 1. The zero-order valence-electron chi connectivity index (χ0n) is 18.6. The molecule has 1 fully saturated rings. The van der Waals surface area contributed by atoms with Crippen molar-refractivity contribution in [3.63, 3.8) is 0 Å². The maximum atomic E-state index is 12.3. The lowest BCUT2D eigenvalue weighted by Gasteiger charge is -2.24. The summed E-state index contributed by atoms with van der Waals surface area (Å²) in [6.07, 6.45) is 8.79. The predicted octanol–water partition coefficient (Wildman–Crippen LogP) is 5.52. The fraction of sp³-hybridized carbons (Fsp3) is 0.542. The molecule has 1 atom stereocenters. The van der Waals surface area contributed by atoms with Crippen LogP contribution in [0, 0.1) is 0 Å². The molecule has 0 bridgehead atoms. The van der Waals surface area contributed by atoms with Crippen molar-refractivity contribution in [2.24, 2.45) is 0 Å². The molecule has 1 unspecified atom stereocenters. The van der Waals surface area contributed by atoms with Gasteiger partial charge in [0.1, 0.15) is 12.4 Å². The van der Waals surface area contributed by atoms with Crippen LogP contribution in [0.4, 0.5) is 0 Å². The van der Waals surface area contributed by atoms with Crippen molar-refractivity contribution in [2.45, 2.75) is 68.7 Å². The van der Waals surface area contributed by atoms with Gasteiger partial charge in [0.2, 0.25) is 5.91 Å². The standard InChI is InChI=1S/C24H32N2O4S2/c1-2-3-4-5-6-8-18-9-7-10-20(15-18)30-16-19-11-12-22(27)26(19)13-14-31-24-25-21(17-32-24)23(28)29/h7,9-10,15,17,19H,2-6,8,11-14,16H2,1H3,(H,28,29). The number of amides is 1. The normalized spacial score (nSPS) is 16.0. The van der Waals surface area contributed by atoms with E-state index in [1.807, 2.05) is 17.0 Å². The first-order valence-electron chi connectivity index (χ1n) is 11.4. The SMILES string of the molecule is CCCCCCCc1cccc(OCC2CCC(=O)N2CCSc2nc(C(=O)O)cs2)c1. The molecule has 1 N–H and O–H groups in total. The van der Waals surface area contributed by atoms with Gasteiger partial charge in [-0.05, 0) is 37.0 Å². The highest BCUT2D eigenvalue weighted by Gasteiger charge is 2.31. The molecule has 0 aliphatic carbocycles. The van der Waals surface area contributed by atoms with Gasteiger partial charge < -0.3 is 14.7 Å². The van der Waals surface area contributed by atoms with Gasteiger partial charge in [-0.25, -0.2) is 9.78 Å². The largest absolute Gasteiger partial charge is 0.491 e. The van der Waals surface area contributed by atoms with Crippen molar-refractivity contribution in [3.05, 3.63) is 40.9 Å². The van der Waals surface area contributed by atoms with Crippen molar-refractivity contribution >= 4 is 35.0 Å². The van der Waals surface area contributed by atoms with Crippen LogP contribution in [0.1, 0.15) is 67.9 Å². The van der Waals surface area contributed by atoms with Crippen LogP contribution in [0.25, 0.3) is 0 Å². The van der Waals surface area contributed by atoms with E-state index in [1.165, 1.54) is 60.8 Å². The summed E-state index contributed by atoms with van der Waals surface area (Å²) >= 11 is 2.81. The average molecular weight is 477 g/mol. The van der Waals surface area contributed by atoms with Crippen LogP contribution in [-0.4, -0.2) is 51.8 Å². The number of thiazole rings is 1. The number of rotatable bonds is 14. The summed E-state index contributed by atoms with van der Waals surface area (Å²) in [4.78, 5) is 29.3. The lowest BCUT2D eigenvalue weighted by Crippen LogP contribution is -2.38. The van der Waals surface area contributed by atoms with Crippen LogP contribution in [0.3, 0.4) is 0 Å². The summed E-state index contributed by atoms with van der Waals surface area (Å²) in [6, 6.07) is 8.39. The van der Waals surface area contributed by atoms with Crippen LogP contribution in [0.2, 0.25) is 0 Å². The van der Waals surface area contributed by atoms with Crippen molar-refractivity contribution in [1.82, 2.24) is 9.88 Å². The third kappa shape index (κ3) is 7.52. The van der Waals surface area contributed by atoms with Crippen molar-refractivity contribution < 1.29 is 19.4 Å². The van der Waals surface area contributed by atoms with Gasteiger partial charge in [0.15, 0.2) is 10.0 Å². The summed E-state index contributed by atoms with van der Waals surface area (Å²) < 4.78 is 6.79. The first-order chi connectivity index (χ1) is 15.6. The first-order valence-corrected chi connectivity index (χ1v) is 13.3. The third-order valence-electron chi connectivity index (χ3n) is 5.62. The Kier molecular flexibility index (Phi) is 9.87. The molecule has 3 rings (SSSR count). The van der Waals surface area contributed by atoms with E-state index < -0.39 is 5.97 Å². The minimum Gasteiger partial charge on any atom is -0.491 e. The molecule has 2 heterocycles. The molecule has 0 spiro atoms. The van der Waals surface area contributed by atoms with Gasteiger partial charge in [0, 0.05) is 24.1 Å². The minimum atomic E-state index is -1.01. The van der Waals surface area contributed by atoms with E-state index in [9.17, 15) is 9.59 Å². The Bertz CT molecular complexity index is 886. The molecule has 6 nitrogen and oxygen atoms in total. The van der Waals surface area contributed by atoms with Crippen LogP contribution < -0.4 is 4.74 Å². The Morgan fingerprint density at radius 2 is 2.16 bits per heavy atom. The Morgan fingerprint density at radius 1 is 1.31 bits per heavy atom. The number of carboxylic acid groups (broad SMARTS) is 1. The molecule has 32 heavy (non-hydrogen) atoms. The second-order valence-corrected chi connectivity index (χ2v) is 10.3.